The fraction of sp³-hybridized carbons (Fsp3) is 0.273. The van der Waals surface area contributed by atoms with E-state index in [1.807, 2.05) is 0 Å². The van der Waals surface area contributed by atoms with Crippen molar-refractivity contribution in [3.63, 3.8) is 0 Å². The Kier molecular flexibility index (Phi) is 8.56. The van der Waals surface area contributed by atoms with E-state index in [2.05, 4.69) is 5.32 Å². The Morgan fingerprint density at radius 2 is 1.48 bits per heavy atom. The summed E-state index contributed by atoms with van der Waals surface area (Å²) in [5.74, 6) is 1.10. The first kappa shape index (κ1) is 23.4. The van der Waals surface area contributed by atoms with Gasteiger partial charge < -0.3 is 33.7 Å². The van der Waals surface area contributed by atoms with E-state index in [1.54, 1.807) is 30.3 Å². The number of ether oxygens (including phenoxy) is 6. The number of rotatable bonds is 10. The molecular weight excluding hydrogens is 406 g/mol. The number of hydrogen-bond donors (Lipinski definition) is 1. The van der Waals surface area contributed by atoms with E-state index < -0.39 is 18.5 Å². The molecule has 166 valence electrons. The average molecular weight is 431 g/mol. The standard InChI is InChI=1S/C22H25NO8/c1-26-15-7-8-17(27-2)16(12-15)23-20(24)13-31-21(25)9-6-14-10-18(28-3)22(30-5)19(11-14)29-4/h6-12H,13H2,1-5H3,(H,23,24)/b9-6+. The molecular formula is C22H25NO8. The van der Waals surface area contributed by atoms with Crippen molar-refractivity contribution in [2.24, 2.45) is 0 Å². The van der Waals surface area contributed by atoms with Crippen LogP contribution in [0.3, 0.4) is 0 Å². The van der Waals surface area contributed by atoms with E-state index in [-0.39, 0.29) is 0 Å². The molecule has 0 saturated carbocycles. The van der Waals surface area contributed by atoms with Gasteiger partial charge in [0.1, 0.15) is 11.5 Å². The first-order valence-corrected chi connectivity index (χ1v) is 9.12. The molecule has 31 heavy (non-hydrogen) atoms. The van der Waals surface area contributed by atoms with Crippen molar-refractivity contribution in [3.05, 3.63) is 42.0 Å². The largest absolute Gasteiger partial charge is 0.497 e. The third-order valence-corrected chi connectivity index (χ3v) is 4.13. The zero-order chi connectivity index (χ0) is 22.8. The zero-order valence-corrected chi connectivity index (χ0v) is 18.0. The molecule has 0 heterocycles. The van der Waals surface area contributed by atoms with Crippen LogP contribution >= 0.6 is 0 Å². The van der Waals surface area contributed by atoms with E-state index in [0.717, 1.165) is 0 Å². The van der Waals surface area contributed by atoms with Crippen molar-refractivity contribution in [2.75, 3.05) is 47.5 Å². The van der Waals surface area contributed by atoms with Crippen molar-refractivity contribution >= 4 is 23.6 Å². The molecule has 1 N–H and O–H groups in total. The van der Waals surface area contributed by atoms with E-state index in [0.29, 0.717) is 40.0 Å². The average Bonchev–Trinajstić information content (AvgIpc) is 2.80. The molecule has 0 fully saturated rings. The van der Waals surface area contributed by atoms with Crippen molar-refractivity contribution < 1.29 is 38.0 Å². The van der Waals surface area contributed by atoms with Gasteiger partial charge in [0.05, 0.1) is 41.2 Å². The number of anilines is 1. The molecule has 0 saturated heterocycles. The van der Waals surface area contributed by atoms with Gasteiger partial charge in [0.15, 0.2) is 18.1 Å². The van der Waals surface area contributed by atoms with Crippen molar-refractivity contribution in [1.29, 1.82) is 0 Å². The lowest BCUT2D eigenvalue weighted by atomic mass is 10.1. The summed E-state index contributed by atoms with van der Waals surface area (Å²) >= 11 is 0. The highest BCUT2D eigenvalue weighted by Crippen LogP contribution is 2.38. The molecule has 0 radical (unpaired) electrons. The molecule has 2 aromatic rings. The Morgan fingerprint density at radius 3 is 2.03 bits per heavy atom. The van der Waals surface area contributed by atoms with Crippen LogP contribution in [-0.2, 0) is 14.3 Å². The number of esters is 1. The Bertz CT molecular complexity index is 930. The lowest BCUT2D eigenvalue weighted by Gasteiger charge is -2.12. The maximum atomic E-state index is 12.1. The van der Waals surface area contributed by atoms with Crippen LogP contribution in [0.15, 0.2) is 36.4 Å². The number of carbonyl (C=O) groups is 2. The quantitative estimate of drug-likeness (QED) is 0.453. The summed E-state index contributed by atoms with van der Waals surface area (Å²) in [6.45, 7) is -0.473. The second-order valence-electron chi connectivity index (χ2n) is 6.01. The van der Waals surface area contributed by atoms with Gasteiger partial charge in [-0.15, -0.1) is 0 Å². The minimum atomic E-state index is -0.693. The van der Waals surface area contributed by atoms with Gasteiger partial charge in [-0.3, -0.25) is 4.79 Å². The van der Waals surface area contributed by atoms with Crippen LogP contribution in [0.2, 0.25) is 0 Å². The van der Waals surface area contributed by atoms with Gasteiger partial charge >= 0.3 is 5.97 Å². The van der Waals surface area contributed by atoms with Crippen LogP contribution in [0.1, 0.15) is 5.56 Å². The Balaban J connectivity index is 1.99. The first-order chi connectivity index (χ1) is 14.9. The van der Waals surface area contributed by atoms with E-state index in [1.165, 1.54) is 47.7 Å². The molecule has 0 bridgehead atoms. The molecule has 1 amide bonds. The number of carbonyl (C=O) groups excluding carboxylic acids is 2. The summed E-state index contributed by atoms with van der Waals surface area (Å²) in [5, 5.41) is 2.62. The van der Waals surface area contributed by atoms with Crippen LogP contribution < -0.4 is 29.0 Å². The summed E-state index contributed by atoms with van der Waals surface area (Å²) in [7, 11) is 7.48. The Labute approximate surface area is 180 Å². The van der Waals surface area contributed by atoms with Gasteiger partial charge in [0, 0.05) is 12.1 Å². The van der Waals surface area contributed by atoms with Crippen LogP contribution in [-0.4, -0.2) is 54.0 Å². The first-order valence-electron chi connectivity index (χ1n) is 9.12. The van der Waals surface area contributed by atoms with Crippen LogP contribution in [0.4, 0.5) is 5.69 Å². The molecule has 9 heteroatoms. The number of nitrogens with one attached hydrogen (secondary N) is 1. The molecule has 0 spiro atoms. The normalized spacial score (nSPS) is 10.4. The fourth-order valence-corrected chi connectivity index (χ4v) is 2.64. The third-order valence-electron chi connectivity index (χ3n) is 4.13. The van der Waals surface area contributed by atoms with Gasteiger partial charge in [-0.05, 0) is 35.9 Å². The summed E-state index contributed by atoms with van der Waals surface area (Å²) < 4.78 is 31.1. The monoisotopic (exact) mass is 431 g/mol. The topological polar surface area (TPSA) is 102 Å². The molecule has 0 atom stereocenters. The highest BCUT2D eigenvalue weighted by atomic mass is 16.5. The van der Waals surface area contributed by atoms with Gasteiger partial charge in [-0.2, -0.15) is 0 Å². The summed E-state index contributed by atoms with van der Waals surface area (Å²) in [6.07, 6.45) is 2.70. The molecule has 0 aliphatic heterocycles. The number of benzene rings is 2. The van der Waals surface area contributed by atoms with Crippen molar-refractivity contribution in [3.8, 4) is 28.7 Å². The van der Waals surface area contributed by atoms with Crippen LogP contribution in [0, 0.1) is 0 Å². The Hall–Kier alpha value is -3.88. The molecule has 9 nitrogen and oxygen atoms in total. The minimum Gasteiger partial charge on any atom is -0.497 e. The third kappa shape index (κ3) is 6.30. The van der Waals surface area contributed by atoms with Gasteiger partial charge in [-0.1, -0.05) is 0 Å². The Morgan fingerprint density at radius 1 is 0.839 bits per heavy atom. The summed E-state index contributed by atoms with van der Waals surface area (Å²) in [5.41, 5.74) is 1.02. The fourth-order valence-electron chi connectivity index (χ4n) is 2.64. The predicted molar refractivity (Wildman–Crippen MR) is 114 cm³/mol. The van der Waals surface area contributed by atoms with Crippen molar-refractivity contribution in [2.45, 2.75) is 0 Å². The SMILES string of the molecule is COc1ccc(OC)c(NC(=O)COC(=O)/C=C/c2cc(OC)c(OC)c(OC)c2)c1. The van der Waals surface area contributed by atoms with Gasteiger partial charge in [0.2, 0.25) is 5.75 Å². The minimum absolute atomic E-state index is 0.399. The van der Waals surface area contributed by atoms with Gasteiger partial charge in [-0.25, -0.2) is 4.79 Å². The van der Waals surface area contributed by atoms with Crippen LogP contribution in [0.5, 0.6) is 28.7 Å². The lowest BCUT2D eigenvalue weighted by Crippen LogP contribution is -2.20. The highest BCUT2D eigenvalue weighted by Gasteiger charge is 2.13. The molecule has 0 unspecified atom stereocenters. The maximum Gasteiger partial charge on any atom is 0.331 e. The van der Waals surface area contributed by atoms with E-state index in [9.17, 15) is 9.59 Å². The predicted octanol–water partition coefficient (Wildman–Crippen LogP) is 2.92. The number of hydrogen-bond acceptors (Lipinski definition) is 8. The summed E-state index contributed by atoms with van der Waals surface area (Å²) in [4.78, 5) is 24.1. The zero-order valence-electron chi connectivity index (χ0n) is 18.0. The molecule has 0 aliphatic rings. The highest BCUT2D eigenvalue weighted by molar-refractivity contribution is 5.95. The van der Waals surface area contributed by atoms with E-state index >= 15 is 0 Å². The van der Waals surface area contributed by atoms with Crippen LogP contribution in [0.25, 0.3) is 6.08 Å². The van der Waals surface area contributed by atoms with E-state index in [4.69, 9.17) is 28.4 Å². The maximum absolute atomic E-state index is 12.1. The molecule has 2 rings (SSSR count). The number of methoxy groups -OCH3 is 5. The van der Waals surface area contributed by atoms with Gasteiger partial charge in [0.25, 0.3) is 5.91 Å². The molecule has 0 aliphatic carbocycles. The molecule has 2 aromatic carbocycles. The second kappa shape index (κ2) is 11.3. The number of amides is 1. The summed E-state index contributed by atoms with van der Waals surface area (Å²) in [6, 6.07) is 8.30. The lowest BCUT2D eigenvalue weighted by molar-refractivity contribution is -0.142. The van der Waals surface area contributed by atoms with Crippen molar-refractivity contribution in [1.82, 2.24) is 0 Å². The second-order valence-corrected chi connectivity index (χ2v) is 6.01. The smallest absolute Gasteiger partial charge is 0.331 e. The molecule has 0 aromatic heterocycles.